The van der Waals surface area contributed by atoms with Crippen LogP contribution in [-0.4, -0.2) is 64.0 Å². The summed E-state index contributed by atoms with van der Waals surface area (Å²) in [5, 5.41) is 0. The van der Waals surface area contributed by atoms with Crippen molar-refractivity contribution >= 4 is 5.78 Å². The summed E-state index contributed by atoms with van der Waals surface area (Å²) in [4.78, 5) is 15.1. The van der Waals surface area contributed by atoms with Crippen LogP contribution in [0.15, 0.2) is 47.2 Å². The molecule has 1 aromatic carbocycles. The average molecular weight is 430 g/mol. The smallest absolute Gasteiger partial charge is 0.150 e. The number of allylic oxidation sites excluding steroid dienone is 1. The maximum absolute atomic E-state index is 13.0. The van der Waals surface area contributed by atoms with E-state index in [0.717, 1.165) is 35.6 Å². The predicted molar refractivity (Wildman–Crippen MR) is 120 cm³/mol. The van der Waals surface area contributed by atoms with Gasteiger partial charge in [0.1, 0.15) is 35.8 Å². The average Bonchev–Trinajstić information content (AvgIpc) is 3.12. The standard InChI is InChI=1S/C25H35NO5/c1-17(13-20(27)14-18-9-7-8-10-21(18)28-5)22-19(11-12-26(3)4)15-25(2)24(23(22)29-6)30-16-31-25/h7-10,15,17,24H,11-14,16H2,1-6H3. The molecule has 0 amide bonds. The van der Waals surface area contributed by atoms with E-state index in [4.69, 9.17) is 18.9 Å². The molecule has 6 heteroatoms. The zero-order valence-corrected chi connectivity index (χ0v) is 19.6. The normalized spacial score (nSPS) is 24.1. The highest BCUT2D eigenvalue weighted by Crippen LogP contribution is 2.44. The molecule has 0 N–H and O–H groups in total. The third kappa shape index (κ3) is 5.20. The first-order valence-corrected chi connectivity index (χ1v) is 10.8. The number of carbonyl (C=O) groups is 1. The van der Waals surface area contributed by atoms with Crippen LogP contribution in [0.5, 0.6) is 5.75 Å². The van der Waals surface area contributed by atoms with Gasteiger partial charge in [0, 0.05) is 24.9 Å². The summed E-state index contributed by atoms with van der Waals surface area (Å²) >= 11 is 0. The van der Waals surface area contributed by atoms with Crippen molar-refractivity contribution in [3.63, 3.8) is 0 Å². The molecule has 0 saturated carbocycles. The molecule has 31 heavy (non-hydrogen) atoms. The van der Waals surface area contributed by atoms with E-state index >= 15 is 0 Å². The van der Waals surface area contributed by atoms with E-state index in [1.54, 1.807) is 14.2 Å². The van der Waals surface area contributed by atoms with Crippen LogP contribution in [0.2, 0.25) is 0 Å². The molecule has 0 spiro atoms. The van der Waals surface area contributed by atoms with Crippen molar-refractivity contribution in [3.05, 3.63) is 52.8 Å². The molecular formula is C25H35NO5. The number of Topliss-reactive ketones (excluding diaryl/α,β-unsaturated/α-hetero) is 1. The van der Waals surface area contributed by atoms with Gasteiger partial charge in [0.25, 0.3) is 0 Å². The minimum atomic E-state index is -0.544. The maximum Gasteiger partial charge on any atom is 0.150 e. The number of methoxy groups -OCH3 is 2. The number of fused-ring (bicyclic) bond motifs is 1. The summed E-state index contributed by atoms with van der Waals surface area (Å²) in [5.41, 5.74) is 2.62. The van der Waals surface area contributed by atoms with Gasteiger partial charge in [0.05, 0.1) is 14.2 Å². The summed E-state index contributed by atoms with van der Waals surface area (Å²) in [6.45, 7) is 5.26. The van der Waals surface area contributed by atoms with Crippen LogP contribution in [0.25, 0.3) is 0 Å². The predicted octanol–water partition coefficient (Wildman–Crippen LogP) is 3.76. The van der Waals surface area contributed by atoms with E-state index in [-0.39, 0.29) is 24.6 Å². The lowest BCUT2D eigenvalue weighted by Gasteiger charge is -2.36. The lowest BCUT2D eigenvalue weighted by molar-refractivity contribution is -0.119. The molecule has 1 saturated heterocycles. The van der Waals surface area contributed by atoms with Gasteiger partial charge in [-0.1, -0.05) is 25.1 Å². The lowest BCUT2D eigenvalue weighted by Crippen LogP contribution is -2.41. The van der Waals surface area contributed by atoms with E-state index in [1.165, 1.54) is 5.57 Å². The second-order valence-electron chi connectivity index (χ2n) is 8.83. The fourth-order valence-electron chi connectivity index (χ4n) is 4.55. The van der Waals surface area contributed by atoms with Crippen molar-refractivity contribution in [3.8, 4) is 5.75 Å². The second-order valence-corrected chi connectivity index (χ2v) is 8.83. The Hall–Kier alpha value is -2.15. The van der Waals surface area contributed by atoms with Gasteiger partial charge in [0.2, 0.25) is 0 Å². The minimum Gasteiger partial charge on any atom is -0.498 e. The van der Waals surface area contributed by atoms with Gasteiger partial charge in [-0.25, -0.2) is 0 Å². The zero-order valence-electron chi connectivity index (χ0n) is 19.6. The van der Waals surface area contributed by atoms with Crippen molar-refractivity contribution in [2.75, 3.05) is 41.7 Å². The molecule has 1 aliphatic heterocycles. The molecule has 0 aromatic heterocycles. The Morgan fingerprint density at radius 3 is 2.68 bits per heavy atom. The van der Waals surface area contributed by atoms with Crippen LogP contribution in [0.3, 0.4) is 0 Å². The van der Waals surface area contributed by atoms with E-state index < -0.39 is 5.60 Å². The van der Waals surface area contributed by atoms with Gasteiger partial charge in [-0.05, 0) is 56.6 Å². The topological polar surface area (TPSA) is 57.2 Å². The summed E-state index contributed by atoms with van der Waals surface area (Å²) in [5.74, 6) is 1.70. The third-order valence-electron chi connectivity index (χ3n) is 6.09. The van der Waals surface area contributed by atoms with Gasteiger partial charge in [-0.3, -0.25) is 4.79 Å². The number of ether oxygens (including phenoxy) is 4. The van der Waals surface area contributed by atoms with Crippen LogP contribution < -0.4 is 4.74 Å². The SMILES string of the molecule is COC1=C(C(C)CC(=O)Cc2ccccc2OC)C(CCN(C)C)=CC2(C)OCOC12. The number of nitrogens with zero attached hydrogens (tertiary/aromatic N) is 1. The Balaban J connectivity index is 1.84. The van der Waals surface area contributed by atoms with Gasteiger partial charge in [-0.15, -0.1) is 0 Å². The first-order chi connectivity index (χ1) is 14.8. The highest BCUT2D eigenvalue weighted by atomic mass is 16.7. The third-order valence-corrected chi connectivity index (χ3v) is 6.09. The van der Waals surface area contributed by atoms with Crippen LogP contribution in [0.1, 0.15) is 32.3 Å². The van der Waals surface area contributed by atoms with Gasteiger partial charge in [-0.2, -0.15) is 0 Å². The van der Waals surface area contributed by atoms with Crippen LogP contribution in [-0.2, 0) is 25.4 Å². The summed E-state index contributed by atoms with van der Waals surface area (Å²) in [7, 11) is 7.43. The maximum atomic E-state index is 13.0. The molecule has 3 atom stereocenters. The van der Waals surface area contributed by atoms with E-state index in [2.05, 4.69) is 32.0 Å². The largest absolute Gasteiger partial charge is 0.498 e. The molecule has 2 aliphatic rings. The number of carbonyl (C=O) groups excluding carboxylic acids is 1. The Morgan fingerprint density at radius 1 is 1.26 bits per heavy atom. The Kier molecular flexibility index (Phi) is 7.57. The first kappa shape index (κ1) is 23.5. The number of hydrogen-bond donors (Lipinski definition) is 0. The number of benzene rings is 1. The van der Waals surface area contributed by atoms with Crippen LogP contribution >= 0.6 is 0 Å². The van der Waals surface area contributed by atoms with Crippen molar-refractivity contribution in [1.82, 2.24) is 4.90 Å². The molecule has 1 fully saturated rings. The molecule has 1 aromatic rings. The van der Waals surface area contributed by atoms with Crippen molar-refractivity contribution in [1.29, 1.82) is 0 Å². The number of hydrogen-bond acceptors (Lipinski definition) is 6. The second kappa shape index (κ2) is 9.98. The number of ketones is 1. The molecule has 3 unspecified atom stereocenters. The molecule has 1 heterocycles. The summed E-state index contributed by atoms with van der Waals surface area (Å²) < 4.78 is 23.1. The van der Waals surface area contributed by atoms with Crippen molar-refractivity contribution in [2.24, 2.45) is 5.92 Å². The fourth-order valence-corrected chi connectivity index (χ4v) is 4.55. The molecule has 6 nitrogen and oxygen atoms in total. The van der Waals surface area contributed by atoms with Gasteiger partial charge >= 0.3 is 0 Å². The number of para-hydroxylation sites is 1. The monoisotopic (exact) mass is 429 g/mol. The molecule has 3 rings (SSSR count). The van der Waals surface area contributed by atoms with E-state index in [0.29, 0.717) is 12.8 Å². The molecule has 170 valence electrons. The van der Waals surface area contributed by atoms with E-state index in [9.17, 15) is 4.79 Å². The Labute approximate surface area is 185 Å². The Morgan fingerprint density at radius 2 is 2.00 bits per heavy atom. The van der Waals surface area contributed by atoms with Crippen molar-refractivity contribution < 1.29 is 23.7 Å². The zero-order chi connectivity index (χ0) is 22.6. The van der Waals surface area contributed by atoms with Gasteiger partial charge < -0.3 is 23.8 Å². The van der Waals surface area contributed by atoms with Crippen LogP contribution in [0, 0.1) is 5.92 Å². The van der Waals surface area contributed by atoms with Crippen molar-refractivity contribution in [2.45, 2.75) is 44.8 Å². The minimum absolute atomic E-state index is 0.000630. The Bertz CT molecular complexity index is 859. The number of rotatable bonds is 10. The molecule has 0 bridgehead atoms. The molecule has 1 aliphatic carbocycles. The highest BCUT2D eigenvalue weighted by Gasteiger charge is 2.48. The highest BCUT2D eigenvalue weighted by molar-refractivity contribution is 5.82. The van der Waals surface area contributed by atoms with E-state index in [1.807, 2.05) is 31.2 Å². The summed E-state index contributed by atoms with van der Waals surface area (Å²) in [6.07, 6.45) is 3.51. The fraction of sp³-hybridized carbons (Fsp3) is 0.560. The first-order valence-electron chi connectivity index (χ1n) is 10.8. The summed E-state index contributed by atoms with van der Waals surface area (Å²) in [6, 6.07) is 7.68. The quantitative estimate of drug-likeness (QED) is 0.565. The van der Waals surface area contributed by atoms with Gasteiger partial charge in [0.15, 0.2) is 0 Å². The molecule has 0 radical (unpaired) electrons. The molecular weight excluding hydrogens is 394 g/mol. The lowest BCUT2D eigenvalue weighted by atomic mass is 9.77. The van der Waals surface area contributed by atoms with Crippen LogP contribution in [0.4, 0.5) is 0 Å².